The molecule has 8 nitrogen and oxygen atoms in total. The Labute approximate surface area is 200 Å². The lowest BCUT2D eigenvalue weighted by Crippen LogP contribution is -2.25. The molecule has 0 spiro atoms. The Morgan fingerprint density at radius 3 is 2.53 bits per heavy atom. The molecule has 2 aromatic heterocycles. The third-order valence-corrected chi connectivity index (χ3v) is 6.46. The van der Waals surface area contributed by atoms with Crippen LogP contribution >= 0.6 is 11.8 Å². The highest BCUT2D eigenvalue weighted by Gasteiger charge is 2.23. The zero-order chi connectivity index (χ0) is 23.5. The summed E-state index contributed by atoms with van der Waals surface area (Å²) in [5.41, 5.74) is 4.92. The van der Waals surface area contributed by atoms with Crippen molar-refractivity contribution in [3.05, 3.63) is 72.6 Å². The zero-order valence-electron chi connectivity index (χ0n) is 18.3. The lowest BCUT2D eigenvalue weighted by Gasteiger charge is -2.10. The summed E-state index contributed by atoms with van der Waals surface area (Å²) in [4.78, 5) is 32.5. The van der Waals surface area contributed by atoms with Gasteiger partial charge in [0.05, 0.1) is 17.6 Å². The molecule has 4 aromatic rings. The van der Waals surface area contributed by atoms with Crippen molar-refractivity contribution in [1.82, 2.24) is 25.0 Å². The molecule has 0 unspecified atom stereocenters. The number of carbonyl (C=O) groups excluding carboxylic acids is 1. The summed E-state index contributed by atoms with van der Waals surface area (Å²) in [5, 5.41) is 14.9. The summed E-state index contributed by atoms with van der Waals surface area (Å²) in [6.45, 7) is 0.307. The van der Waals surface area contributed by atoms with E-state index in [0.717, 1.165) is 40.4 Å². The maximum atomic E-state index is 12.3. The van der Waals surface area contributed by atoms with E-state index >= 15 is 0 Å². The Morgan fingerprint density at radius 2 is 1.82 bits per heavy atom. The van der Waals surface area contributed by atoms with Crippen molar-refractivity contribution in [2.75, 3.05) is 12.3 Å². The number of fused-ring (bicyclic) bond motifs is 1. The molecule has 172 valence electrons. The molecule has 1 saturated carbocycles. The largest absolute Gasteiger partial charge is 0.465 e. The molecule has 0 bridgehead atoms. The van der Waals surface area contributed by atoms with Crippen molar-refractivity contribution in [2.45, 2.75) is 23.9 Å². The number of carbonyl (C=O) groups is 2. The average Bonchev–Trinajstić information content (AvgIpc) is 3.57. The van der Waals surface area contributed by atoms with Gasteiger partial charge in [0.15, 0.2) is 5.65 Å². The van der Waals surface area contributed by atoms with Crippen LogP contribution in [-0.4, -0.2) is 49.8 Å². The SMILES string of the molecule is O=C(O)NCCSc1nc(-c2ccccc2)cn2c(-c3ccc(C(=O)NC4CC4)cc3)cnc12. The van der Waals surface area contributed by atoms with E-state index in [1.54, 1.807) is 6.20 Å². The minimum absolute atomic E-state index is 0.0450. The van der Waals surface area contributed by atoms with Crippen LogP contribution in [0.25, 0.3) is 28.2 Å². The highest BCUT2D eigenvalue weighted by Crippen LogP contribution is 2.30. The summed E-state index contributed by atoms with van der Waals surface area (Å²) >= 11 is 1.45. The molecule has 0 atom stereocenters. The second-order valence-electron chi connectivity index (χ2n) is 8.04. The molecule has 3 N–H and O–H groups in total. The maximum absolute atomic E-state index is 12.3. The standard InChI is InChI=1S/C25H23N5O3S/c31-23(28-19-10-11-19)18-8-6-17(7-9-18)21-14-27-22-24(34-13-12-26-25(32)33)29-20(15-30(21)22)16-4-2-1-3-5-16/h1-9,14-15,19,26H,10-13H2,(H,28,31)(H,32,33). The number of carboxylic acid groups (broad SMARTS) is 1. The van der Waals surface area contributed by atoms with Crippen LogP contribution in [0.2, 0.25) is 0 Å². The first kappa shape index (κ1) is 22.0. The summed E-state index contributed by atoms with van der Waals surface area (Å²) in [5.74, 6) is 0.483. The lowest BCUT2D eigenvalue weighted by atomic mass is 10.1. The van der Waals surface area contributed by atoms with E-state index in [1.807, 2.05) is 65.2 Å². The number of amides is 2. The van der Waals surface area contributed by atoms with Crippen LogP contribution in [0.4, 0.5) is 4.79 Å². The summed E-state index contributed by atoms with van der Waals surface area (Å²) in [6.07, 6.45) is 4.81. The molecule has 2 aromatic carbocycles. The van der Waals surface area contributed by atoms with E-state index in [-0.39, 0.29) is 5.91 Å². The van der Waals surface area contributed by atoms with Crippen molar-refractivity contribution in [3.63, 3.8) is 0 Å². The van der Waals surface area contributed by atoms with Gasteiger partial charge in [0.1, 0.15) is 5.03 Å². The molecular weight excluding hydrogens is 450 g/mol. The van der Waals surface area contributed by atoms with E-state index < -0.39 is 6.09 Å². The number of imidazole rings is 1. The highest BCUT2D eigenvalue weighted by atomic mass is 32.2. The second-order valence-corrected chi connectivity index (χ2v) is 9.12. The topological polar surface area (TPSA) is 109 Å². The molecule has 1 aliphatic rings. The third kappa shape index (κ3) is 4.89. The molecule has 1 fully saturated rings. The van der Waals surface area contributed by atoms with Crippen LogP contribution in [0.3, 0.4) is 0 Å². The van der Waals surface area contributed by atoms with Crippen LogP contribution in [0, 0.1) is 0 Å². The predicted molar refractivity (Wildman–Crippen MR) is 131 cm³/mol. The Kier molecular flexibility index (Phi) is 6.18. The van der Waals surface area contributed by atoms with E-state index in [9.17, 15) is 9.59 Å². The molecule has 1 aliphatic carbocycles. The van der Waals surface area contributed by atoms with Crippen LogP contribution in [0.15, 0.2) is 72.0 Å². The van der Waals surface area contributed by atoms with Gasteiger partial charge in [-0.05, 0) is 25.0 Å². The van der Waals surface area contributed by atoms with Gasteiger partial charge in [0.2, 0.25) is 0 Å². The van der Waals surface area contributed by atoms with Gasteiger partial charge in [-0.15, -0.1) is 11.8 Å². The van der Waals surface area contributed by atoms with E-state index in [2.05, 4.69) is 15.6 Å². The monoisotopic (exact) mass is 473 g/mol. The fraction of sp³-hybridized carbons (Fsp3) is 0.200. The van der Waals surface area contributed by atoms with Crippen LogP contribution < -0.4 is 10.6 Å². The van der Waals surface area contributed by atoms with Gasteiger partial charge in [-0.1, -0.05) is 42.5 Å². The first-order chi connectivity index (χ1) is 16.6. The van der Waals surface area contributed by atoms with E-state index in [4.69, 9.17) is 10.1 Å². The fourth-order valence-corrected chi connectivity index (χ4v) is 4.45. The molecule has 0 aliphatic heterocycles. The molecule has 9 heteroatoms. The van der Waals surface area contributed by atoms with Gasteiger partial charge in [0, 0.05) is 41.2 Å². The van der Waals surface area contributed by atoms with Crippen molar-refractivity contribution in [2.24, 2.45) is 0 Å². The fourth-order valence-electron chi connectivity index (χ4n) is 3.61. The van der Waals surface area contributed by atoms with Gasteiger partial charge >= 0.3 is 6.09 Å². The minimum Gasteiger partial charge on any atom is -0.465 e. The number of rotatable bonds is 8. The first-order valence-corrected chi connectivity index (χ1v) is 12.0. The maximum Gasteiger partial charge on any atom is 0.404 e. The predicted octanol–water partition coefficient (Wildman–Crippen LogP) is 4.32. The smallest absolute Gasteiger partial charge is 0.404 e. The Balaban J connectivity index is 1.49. The Bertz CT molecular complexity index is 1330. The van der Waals surface area contributed by atoms with Crippen LogP contribution in [0.5, 0.6) is 0 Å². The number of benzene rings is 2. The van der Waals surface area contributed by atoms with E-state index in [0.29, 0.717) is 29.6 Å². The number of hydrogen-bond acceptors (Lipinski definition) is 5. The zero-order valence-corrected chi connectivity index (χ0v) is 19.1. The molecule has 2 amide bonds. The van der Waals surface area contributed by atoms with E-state index in [1.165, 1.54) is 11.8 Å². The molecule has 0 radical (unpaired) electrons. The number of nitrogens with zero attached hydrogens (tertiary/aromatic N) is 3. The van der Waals surface area contributed by atoms with Gasteiger partial charge in [-0.2, -0.15) is 0 Å². The minimum atomic E-state index is -1.05. The molecular formula is C25H23N5O3S. The number of aromatic nitrogens is 3. The van der Waals surface area contributed by atoms with Crippen molar-refractivity contribution >= 4 is 29.4 Å². The van der Waals surface area contributed by atoms with Crippen molar-refractivity contribution in [3.8, 4) is 22.5 Å². The molecule has 2 heterocycles. The lowest BCUT2D eigenvalue weighted by molar-refractivity contribution is 0.0951. The first-order valence-electron chi connectivity index (χ1n) is 11.0. The van der Waals surface area contributed by atoms with Gasteiger partial charge in [-0.3, -0.25) is 9.20 Å². The van der Waals surface area contributed by atoms with Gasteiger partial charge in [0.25, 0.3) is 5.91 Å². The third-order valence-electron chi connectivity index (χ3n) is 5.50. The second kappa shape index (κ2) is 9.56. The van der Waals surface area contributed by atoms with Crippen LogP contribution in [0.1, 0.15) is 23.2 Å². The molecule has 0 saturated heterocycles. The molecule has 34 heavy (non-hydrogen) atoms. The quantitative estimate of drug-likeness (QED) is 0.260. The summed E-state index contributed by atoms with van der Waals surface area (Å²) in [7, 11) is 0. The Morgan fingerprint density at radius 1 is 1.06 bits per heavy atom. The van der Waals surface area contributed by atoms with Gasteiger partial charge < -0.3 is 15.7 Å². The van der Waals surface area contributed by atoms with Crippen molar-refractivity contribution in [1.29, 1.82) is 0 Å². The Hall–Kier alpha value is -3.85. The normalized spacial score (nSPS) is 13.1. The number of hydrogen-bond donors (Lipinski definition) is 3. The highest BCUT2D eigenvalue weighted by molar-refractivity contribution is 7.99. The summed E-state index contributed by atoms with van der Waals surface area (Å²) in [6, 6.07) is 17.7. The summed E-state index contributed by atoms with van der Waals surface area (Å²) < 4.78 is 2.00. The van der Waals surface area contributed by atoms with Crippen molar-refractivity contribution < 1.29 is 14.7 Å². The number of thioether (sulfide) groups is 1. The number of nitrogens with one attached hydrogen (secondary N) is 2. The average molecular weight is 474 g/mol. The molecule has 5 rings (SSSR count). The van der Waals surface area contributed by atoms with Crippen LogP contribution in [-0.2, 0) is 0 Å². The van der Waals surface area contributed by atoms with Gasteiger partial charge in [-0.25, -0.2) is 14.8 Å².